The summed E-state index contributed by atoms with van der Waals surface area (Å²) in [6, 6.07) is 6.56. The lowest BCUT2D eigenvalue weighted by atomic mass is 10.0. The molecule has 7 nitrogen and oxygen atoms in total. The van der Waals surface area contributed by atoms with Gasteiger partial charge in [0, 0.05) is 44.8 Å². The standard InChI is InChI=1S/C20H29ClN4O3S/c1-5-25(6-2)29(27,28)19-13-16(7-8-17(19)21)20(26)24-11-9-23(10-12-24)18(14-22)15(3)4/h7-8,13,15,18H,5-6,9-12H2,1-4H3. The van der Waals surface area contributed by atoms with Gasteiger partial charge in [0.05, 0.1) is 11.1 Å². The van der Waals surface area contributed by atoms with Crippen molar-refractivity contribution in [3.05, 3.63) is 28.8 Å². The summed E-state index contributed by atoms with van der Waals surface area (Å²) < 4.78 is 27.0. The van der Waals surface area contributed by atoms with Gasteiger partial charge in [-0.1, -0.05) is 39.3 Å². The van der Waals surface area contributed by atoms with Crippen LogP contribution in [0, 0.1) is 17.2 Å². The molecule has 0 bridgehead atoms. The molecule has 160 valence electrons. The highest BCUT2D eigenvalue weighted by Crippen LogP contribution is 2.26. The molecule has 2 rings (SSSR count). The smallest absolute Gasteiger partial charge is 0.253 e. The maximum atomic E-state index is 13.0. The molecule has 1 amide bonds. The van der Waals surface area contributed by atoms with Gasteiger partial charge < -0.3 is 4.90 Å². The number of benzene rings is 1. The minimum absolute atomic E-state index is 0.0447. The maximum Gasteiger partial charge on any atom is 0.253 e. The predicted molar refractivity (Wildman–Crippen MR) is 113 cm³/mol. The zero-order valence-corrected chi connectivity index (χ0v) is 19.0. The van der Waals surface area contributed by atoms with Crippen LogP contribution < -0.4 is 0 Å². The molecule has 1 fully saturated rings. The van der Waals surface area contributed by atoms with Crippen LogP contribution >= 0.6 is 11.6 Å². The van der Waals surface area contributed by atoms with E-state index in [2.05, 4.69) is 11.0 Å². The van der Waals surface area contributed by atoms with E-state index in [0.29, 0.717) is 44.8 Å². The van der Waals surface area contributed by atoms with Crippen molar-refractivity contribution in [3.8, 4) is 6.07 Å². The third-order valence-corrected chi connectivity index (χ3v) is 7.79. The number of carbonyl (C=O) groups excluding carboxylic acids is 1. The first-order valence-corrected chi connectivity index (χ1v) is 11.7. The Morgan fingerprint density at radius 2 is 1.79 bits per heavy atom. The Bertz CT molecular complexity index is 870. The minimum atomic E-state index is -3.77. The molecule has 1 heterocycles. The number of halogens is 1. The molecule has 0 aliphatic carbocycles. The Kier molecular flexibility index (Phi) is 8.06. The summed E-state index contributed by atoms with van der Waals surface area (Å²) >= 11 is 6.16. The van der Waals surface area contributed by atoms with Gasteiger partial charge in [0.2, 0.25) is 10.0 Å². The average Bonchev–Trinajstić information content (AvgIpc) is 2.69. The fraction of sp³-hybridized carbons (Fsp3) is 0.600. The molecule has 0 saturated carbocycles. The Labute approximate surface area is 178 Å². The first kappa shape index (κ1) is 23.6. The molecule has 1 saturated heterocycles. The van der Waals surface area contributed by atoms with E-state index in [1.165, 1.54) is 16.4 Å². The van der Waals surface area contributed by atoms with Crippen molar-refractivity contribution < 1.29 is 13.2 Å². The summed E-state index contributed by atoms with van der Waals surface area (Å²) in [5.41, 5.74) is 0.300. The molecule has 1 atom stereocenters. The van der Waals surface area contributed by atoms with Crippen LogP contribution in [0.4, 0.5) is 0 Å². The predicted octanol–water partition coefficient (Wildman–Crippen LogP) is 2.68. The lowest BCUT2D eigenvalue weighted by Crippen LogP contribution is -2.52. The number of nitriles is 1. The molecule has 1 aliphatic rings. The number of piperazine rings is 1. The third-order valence-electron chi connectivity index (χ3n) is 5.26. The molecule has 9 heteroatoms. The summed E-state index contributed by atoms with van der Waals surface area (Å²) in [7, 11) is -3.77. The van der Waals surface area contributed by atoms with Crippen LogP contribution in [0.15, 0.2) is 23.1 Å². The van der Waals surface area contributed by atoms with Crippen LogP contribution in [0.2, 0.25) is 5.02 Å². The fourth-order valence-electron chi connectivity index (χ4n) is 3.57. The molecule has 0 aromatic heterocycles. The second-order valence-corrected chi connectivity index (χ2v) is 9.69. The van der Waals surface area contributed by atoms with E-state index in [9.17, 15) is 18.5 Å². The van der Waals surface area contributed by atoms with E-state index in [4.69, 9.17) is 11.6 Å². The Balaban J connectivity index is 2.20. The highest BCUT2D eigenvalue weighted by atomic mass is 35.5. The van der Waals surface area contributed by atoms with Crippen molar-refractivity contribution in [2.75, 3.05) is 39.3 Å². The van der Waals surface area contributed by atoms with Crippen LogP contribution in [0.5, 0.6) is 0 Å². The number of rotatable bonds is 7. The Hall–Kier alpha value is -1.66. The zero-order chi connectivity index (χ0) is 21.8. The minimum Gasteiger partial charge on any atom is -0.336 e. The van der Waals surface area contributed by atoms with Crippen LogP contribution in [0.1, 0.15) is 38.1 Å². The molecule has 1 unspecified atom stereocenters. The number of hydrogen-bond acceptors (Lipinski definition) is 5. The van der Waals surface area contributed by atoms with Gasteiger partial charge >= 0.3 is 0 Å². The Morgan fingerprint density at radius 1 is 1.21 bits per heavy atom. The second-order valence-electron chi connectivity index (χ2n) is 7.38. The van der Waals surface area contributed by atoms with Crippen LogP contribution in [0.3, 0.4) is 0 Å². The van der Waals surface area contributed by atoms with E-state index in [-0.39, 0.29) is 27.8 Å². The normalized spacial score (nSPS) is 16.8. The molecular formula is C20H29ClN4O3S. The largest absolute Gasteiger partial charge is 0.336 e. The summed E-state index contributed by atoms with van der Waals surface area (Å²) in [6.07, 6.45) is 0. The molecule has 0 spiro atoms. The number of nitrogens with zero attached hydrogens (tertiary/aromatic N) is 4. The number of sulfonamides is 1. The van der Waals surface area contributed by atoms with E-state index >= 15 is 0 Å². The fourth-order valence-corrected chi connectivity index (χ4v) is 5.53. The maximum absolute atomic E-state index is 13.0. The second kappa shape index (κ2) is 9.90. The van der Waals surface area contributed by atoms with Gasteiger partial charge in [-0.3, -0.25) is 9.69 Å². The zero-order valence-electron chi connectivity index (χ0n) is 17.4. The molecule has 0 N–H and O–H groups in total. The van der Waals surface area contributed by atoms with E-state index in [1.807, 2.05) is 13.8 Å². The lowest BCUT2D eigenvalue weighted by Gasteiger charge is -2.38. The van der Waals surface area contributed by atoms with Crippen molar-refractivity contribution >= 4 is 27.5 Å². The van der Waals surface area contributed by atoms with Crippen LogP contribution in [-0.2, 0) is 10.0 Å². The molecular weight excluding hydrogens is 412 g/mol. The van der Waals surface area contributed by atoms with Gasteiger partial charge in [0.1, 0.15) is 10.9 Å². The van der Waals surface area contributed by atoms with Gasteiger partial charge in [-0.2, -0.15) is 9.57 Å². The van der Waals surface area contributed by atoms with Gasteiger partial charge in [-0.15, -0.1) is 0 Å². The van der Waals surface area contributed by atoms with E-state index in [0.717, 1.165) is 0 Å². The van der Waals surface area contributed by atoms with Crippen LogP contribution in [0.25, 0.3) is 0 Å². The SMILES string of the molecule is CCN(CC)S(=O)(=O)c1cc(C(=O)N2CCN(C(C#N)C(C)C)CC2)ccc1Cl. The van der Waals surface area contributed by atoms with Crippen molar-refractivity contribution in [1.82, 2.24) is 14.1 Å². The summed E-state index contributed by atoms with van der Waals surface area (Å²) in [5.74, 6) is -0.0123. The van der Waals surface area contributed by atoms with Crippen molar-refractivity contribution in [2.24, 2.45) is 5.92 Å². The van der Waals surface area contributed by atoms with Gasteiger partial charge in [-0.25, -0.2) is 8.42 Å². The monoisotopic (exact) mass is 440 g/mol. The molecule has 0 radical (unpaired) electrons. The molecule has 29 heavy (non-hydrogen) atoms. The highest BCUT2D eigenvalue weighted by Gasteiger charge is 2.30. The molecule has 1 aromatic rings. The van der Waals surface area contributed by atoms with Gasteiger partial charge in [0.15, 0.2) is 0 Å². The lowest BCUT2D eigenvalue weighted by molar-refractivity contribution is 0.0576. The first-order valence-electron chi connectivity index (χ1n) is 9.89. The summed E-state index contributed by atoms with van der Waals surface area (Å²) in [5, 5.41) is 9.48. The number of carbonyl (C=O) groups is 1. The van der Waals surface area contributed by atoms with Crippen molar-refractivity contribution in [1.29, 1.82) is 5.26 Å². The number of amides is 1. The van der Waals surface area contributed by atoms with E-state index in [1.54, 1.807) is 24.8 Å². The van der Waals surface area contributed by atoms with Crippen molar-refractivity contribution in [2.45, 2.75) is 38.6 Å². The average molecular weight is 441 g/mol. The highest BCUT2D eigenvalue weighted by molar-refractivity contribution is 7.89. The van der Waals surface area contributed by atoms with E-state index < -0.39 is 10.0 Å². The van der Waals surface area contributed by atoms with Gasteiger partial charge in [-0.05, 0) is 24.1 Å². The molecule has 1 aliphatic heterocycles. The first-order chi connectivity index (χ1) is 13.7. The van der Waals surface area contributed by atoms with Gasteiger partial charge in [0.25, 0.3) is 5.91 Å². The van der Waals surface area contributed by atoms with Crippen molar-refractivity contribution in [3.63, 3.8) is 0 Å². The third kappa shape index (κ3) is 5.10. The quantitative estimate of drug-likeness (QED) is 0.650. The Morgan fingerprint density at radius 3 is 2.28 bits per heavy atom. The summed E-state index contributed by atoms with van der Waals surface area (Å²) in [4.78, 5) is 16.7. The molecule has 1 aromatic carbocycles. The number of hydrogen-bond donors (Lipinski definition) is 0. The topological polar surface area (TPSA) is 84.7 Å². The summed E-state index contributed by atoms with van der Waals surface area (Å²) in [6.45, 7) is 10.4. The van der Waals surface area contributed by atoms with Crippen LogP contribution in [-0.4, -0.2) is 73.7 Å².